The molecule has 0 aliphatic carbocycles. The Morgan fingerprint density at radius 2 is 1.73 bits per heavy atom. The van der Waals surface area contributed by atoms with Gasteiger partial charge in [-0.25, -0.2) is 4.68 Å². The van der Waals surface area contributed by atoms with E-state index in [0.717, 1.165) is 40.9 Å². The highest BCUT2D eigenvalue weighted by atomic mass is 16.5. The van der Waals surface area contributed by atoms with Crippen molar-refractivity contribution < 1.29 is 4.74 Å². The average Bonchev–Trinajstić information content (AvgIpc) is 3.12. The number of ether oxygens (including phenoxy) is 1. The summed E-state index contributed by atoms with van der Waals surface area (Å²) in [5.74, 6) is 0.890. The molecule has 4 heteroatoms. The van der Waals surface area contributed by atoms with E-state index in [4.69, 9.17) is 4.74 Å². The van der Waals surface area contributed by atoms with Gasteiger partial charge in [0.2, 0.25) is 0 Å². The van der Waals surface area contributed by atoms with Crippen molar-refractivity contribution in [3.63, 3.8) is 0 Å². The van der Waals surface area contributed by atoms with Gasteiger partial charge in [0.25, 0.3) is 0 Å². The van der Waals surface area contributed by atoms with Gasteiger partial charge in [-0.3, -0.25) is 0 Å². The van der Waals surface area contributed by atoms with Gasteiger partial charge in [-0.15, -0.1) is 5.10 Å². The Morgan fingerprint density at radius 3 is 2.58 bits per heavy atom. The molecular formula is C22H21N3O. The topological polar surface area (TPSA) is 39.9 Å². The summed E-state index contributed by atoms with van der Waals surface area (Å²) < 4.78 is 7.80. The number of hydrogen-bond donors (Lipinski definition) is 0. The molecule has 0 bridgehead atoms. The molecule has 0 amide bonds. The van der Waals surface area contributed by atoms with E-state index >= 15 is 0 Å². The average molecular weight is 343 g/mol. The van der Waals surface area contributed by atoms with Crippen LogP contribution in [0.25, 0.3) is 16.7 Å². The molecule has 130 valence electrons. The SMILES string of the molecule is CCCc1ccc(OCc2cccc(-n3nnc4ccccc43)c2)cc1. The Bertz CT molecular complexity index is 1010. The first kappa shape index (κ1) is 16.3. The summed E-state index contributed by atoms with van der Waals surface area (Å²) in [4.78, 5) is 0. The van der Waals surface area contributed by atoms with E-state index in [9.17, 15) is 0 Å². The van der Waals surface area contributed by atoms with Crippen LogP contribution in [0.2, 0.25) is 0 Å². The maximum absolute atomic E-state index is 5.94. The van der Waals surface area contributed by atoms with Gasteiger partial charge in [0, 0.05) is 0 Å². The van der Waals surface area contributed by atoms with Gasteiger partial charge >= 0.3 is 0 Å². The molecular weight excluding hydrogens is 322 g/mol. The molecule has 0 atom stereocenters. The number of nitrogens with zero attached hydrogens (tertiary/aromatic N) is 3. The third-order valence-corrected chi connectivity index (χ3v) is 4.37. The zero-order valence-corrected chi connectivity index (χ0v) is 14.8. The van der Waals surface area contributed by atoms with Crippen LogP contribution in [0.5, 0.6) is 5.75 Å². The van der Waals surface area contributed by atoms with Crippen molar-refractivity contribution in [1.82, 2.24) is 15.0 Å². The molecule has 0 aliphatic heterocycles. The molecule has 0 aliphatic rings. The Kier molecular flexibility index (Phi) is 4.65. The lowest BCUT2D eigenvalue weighted by molar-refractivity contribution is 0.306. The summed E-state index contributed by atoms with van der Waals surface area (Å²) in [6, 6.07) is 24.5. The Balaban J connectivity index is 1.51. The molecule has 4 aromatic rings. The molecule has 0 saturated heterocycles. The number of fused-ring (bicyclic) bond motifs is 1. The van der Waals surface area contributed by atoms with Crippen LogP contribution in [-0.2, 0) is 13.0 Å². The van der Waals surface area contributed by atoms with Gasteiger partial charge in [-0.05, 0) is 53.9 Å². The third kappa shape index (κ3) is 3.45. The van der Waals surface area contributed by atoms with E-state index in [-0.39, 0.29) is 0 Å². The van der Waals surface area contributed by atoms with Crippen LogP contribution in [-0.4, -0.2) is 15.0 Å². The summed E-state index contributed by atoms with van der Waals surface area (Å²) in [5, 5.41) is 8.50. The highest BCUT2D eigenvalue weighted by Crippen LogP contribution is 2.19. The molecule has 0 spiro atoms. The molecule has 0 radical (unpaired) electrons. The van der Waals surface area contributed by atoms with Crippen LogP contribution in [0.3, 0.4) is 0 Å². The minimum atomic E-state index is 0.521. The smallest absolute Gasteiger partial charge is 0.119 e. The molecule has 4 rings (SSSR count). The van der Waals surface area contributed by atoms with E-state index in [1.54, 1.807) is 0 Å². The molecule has 3 aromatic carbocycles. The fourth-order valence-corrected chi connectivity index (χ4v) is 3.05. The fourth-order valence-electron chi connectivity index (χ4n) is 3.05. The summed E-state index contributed by atoms with van der Waals surface area (Å²) >= 11 is 0. The number of hydrogen-bond acceptors (Lipinski definition) is 3. The van der Waals surface area contributed by atoms with Crippen LogP contribution < -0.4 is 4.74 Å². The Labute approximate surface area is 153 Å². The molecule has 0 saturated carbocycles. The predicted molar refractivity (Wildman–Crippen MR) is 104 cm³/mol. The fraction of sp³-hybridized carbons (Fsp3) is 0.182. The highest BCUT2D eigenvalue weighted by molar-refractivity contribution is 5.75. The normalized spacial score (nSPS) is 11.0. The van der Waals surface area contributed by atoms with Crippen molar-refractivity contribution in [2.45, 2.75) is 26.4 Å². The van der Waals surface area contributed by atoms with Crippen LogP contribution in [0.4, 0.5) is 0 Å². The minimum Gasteiger partial charge on any atom is -0.489 e. The van der Waals surface area contributed by atoms with Crippen LogP contribution >= 0.6 is 0 Å². The molecule has 4 nitrogen and oxygen atoms in total. The van der Waals surface area contributed by atoms with Gasteiger partial charge in [0.1, 0.15) is 17.9 Å². The highest BCUT2D eigenvalue weighted by Gasteiger charge is 2.06. The van der Waals surface area contributed by atoms with Crippen molar-refractivity contribution in [2.75, 3.05) is 0 Å². The number of para-hydroxylation sites is 1. The summed E-state index contributed by atoms with van der Waals surface area (Å²) in [6.45, 7) is 2.71. The Hall–Kier alpha value is -3.14. The summed E-state index contributed by atoms with van der Waals surface area (Å²) in [5.41, 5.74) is 5.32. The molecule has 0 N–H and O–H groups in total. The quantitative estimate of drug-likeness (QED) is 0.497. The zero-order valence-electron chi connectivity index (χ0n) is 14.8. The molecule has 0 unspecified atom stereocenters. The second kappa shape index (κ2) is 7.40. The maximum Gasteiger partial charge on any atom is 0.119 e. The lowest BCUT2D eigenvalue weighted by atomic mass is 10.1. The maximum atomic E-state index is 5.94. The van der Waals surface area contributed by atoms with E-state index in [1.165, 1.54) is 5.56 Å². The Morgan fingerprint density at radius 1 is 0.885 bits per heavy atom. The van der Waals surface area contributed by atoms with Crippen LogP contribution in [0, 0.1) is 0 Å². The van der Waals surface area contributed by atoms with E-state index in [1.807, 2.05) is 53.2 Å². The van der Waals surface area contributed by atoms with Gasteiger partial charge < -0.3 is 4.74 Å². The summed E-state index contributed by atoms with van der Waals surface area (Å²) in [7, 11) is 0. The number of benzene rings is 3. The van der Waals surface area contributed by atoms with Crippen molar-refractivity contribution in [1.29, 1.82) is 0 Å². The number of rotatable bonds is 6. The van der Waals surface area contributed by atoms with E-state index in [0.29, 0.717) is 6.61 Å². The second-order valence-corrected chi connectivity index (χ2v) is 6.34. The lowest BCUT2D eigenvalue weighted by Crippen LogP contribution is -2.00. The third-order valence-electron chi connectivity index (χ3n) is 4.37. The van der Waals surface area contributed by atoms with Gasteiger partial charge in [-0.2, -0.15) is 0 Å². The molecule has 1 heterocycles. The van der Waals surface area contributed by atoms with Crippen molar-refractivity contribution in [3.8, 4) is 11.4 Å². The molecule has 1 aromatic heterocycles. The summed E-state index contributed by atoms with van der Waals surface area (Å²) in [6.07, 6.45) is 2.26. The first-order chi connectivity index (χ1) is 12.8. The first-order valence-corrected chi connectivity index (χ1v) is 8.95. The minimum absolute atomic E-state index is 0.521. The largest absolute Gasteiger partial charge is 0.489 e. The van der Waals surface area contributed by atoms with Crippen molar-refractivity contribution in [2.24, 2.45) is 0 Å². The number of aryl methyl sites for hydroxylation is 1. The van der Waals surface area contributed by atoms with E-state index in [2.05, 4.69) is 41.5 Å². The zero-order chi connectivity index (χ0) is 17.8. The van der Waals surface area contributed by atoms with Crippen molar-refractivity contribution >= 4 is 11.0 Å². The monoisotopic (exact) mass is 343 g/mol. The predicted octanol–water partition coefficient (Wildman–Crippen LogP) is 4.95. The van der Waals surface area contributed by atoms with Crippen LogP contribution in [0.15, 0.2) is 72.8 Å². The van der Waals surface area contributed by atoms with E-state index < -0.39 is 0 Å². The molecule has 26 heavy (non-hydrogen) atoms. The van der Waals surface area contributed by atoms with Crippen LogP contribution in [0.1, 0.15) is 24.5 Å². The van der Waals surface area contributed by atoms with Crippen molar-refractivity contribution in [3.05, 3.63) is 83.9 Å². The first-order valence-electron chi connectivity index (χ1n) is 8.95. The van der Waals surface area contributed by atoms with Gasteiger partial charge in [0.15, 0.2) is 0 Å². The lowest BCUT2D eigenvalue weighted by Gasteiger charge is -2.09. The number of aromatic nitrogens is 3. The van der Waals surface area contributed by atoms with Gasteiger partial charge in [0.05, 0.1) is 11.2 Å². The molecule has 0 fully saturated rings. The second-order valence-electron chi connectivity index (χ2n) is 6.34. The van der Waals surface area contributed by atoms with Gasteiger partial charge in [-0.1, -0.05) is 55.0 Å². The standard InChI is InChI=1S/C22H21N3O/c1-2-6-17-11-13-20(14-12-17)26-16-18-7-5-8-19(15-18)25-22-10-4-3-9-21(22)23-24-25/h3-5,7-15H,2,6,16H2,1H3.